The van der Waals surface area contributed by atoms with E-state index in [2.05, 4.69) is 15.0 Å². The van der Waals surface area contributed by atoms with Gasteiger partial charge in [-0.15, -0.1) is 0 Å². The zero-order valence-corrected chi connectivity index (χ0v) is 12.4. The maximum atomic E-state index is 12.0. The van der Waals surface area contributed by atoms with Gasteiger partial charge in [0, 0.05) is 18.8 Å². The molecule has 0 fully saturated rings. The molecular formula is C14H19F3N2O3. The van der Waals surface area contributed by atoms with Crippen molar-refractivity contribution in [1.82, 2.24) is 10.3 Å². The van der Waals surface area contributed by atoms with E-state index in [1.807, 2.05) is 13.8 Å². The molecule has 1 heterocycles. The summed E-state index contributed by atoms with van der Waals surface area (Å²) >= 11 is 0. The monoisotopic (exact) mass is 320 g/mol. The molecule has 8 heteroatoms. The van der Waals surface area contributed by atoms with Gasteiger partial charge in [-0.25, -0.2) is 4.98 Å². The summed E-state index contributed by atoms with van der Waals surface area (Å²) in [6.45, 7) is 2.39. The second kappa shape index (κ2) is 7.98. The van der Waals surface area contributed by atoms with Crippen molar-refractivity contribution in [2.75, 3.05) is 6.61 Å². The maximum Gasteiger partial charge on any atom is 0.422 e. The van der Waals surface area contributed by atoms with E-state index in [-0.39, 0.29) is 30.7 Å². The number of alkyl halides is 3. The van der Waals surface area contributed by atoms with E-state index < -0.39 is 18.9 Å². The van der Waals surface area contributed by atoms with Crippen LogP contribution in [0.4, 0.5) is 13.2 Å². The Kier molecular flexibility index (Phi) is 6.61. The Morgan fingerprint density at radius 1 is 1.41 bits per heavy atom. The van der Waals surface area contributed by atoms with Crippen LogP contribution >= 0.6 is 0 Å². The first-order valence-corrected chi connectivity index (χ1v) is 6.76. The largest absolute Gasteiger partial charge is 0.468 e. The van der Waals surface area contributed by atoms with Gasteiger partial charge in [-0.3, -0.25) is 4.79 Å². The van der Waals surface area contributed by atoms with Crippen LogP contribution in [0.5, 0.6) is 5.88 Å². The van der Waals surface area contributed by atoms with Crippen LogP contribution < -0.4 is 10.1 Å². The fourth-order valence-electron chi connectivity index (χ4n) is 1.46. The molecule has 1 unspecified atom stereocenters. The molecule has 5 nitrogen and oxygen atoms in total. The highest BCUT2D eigenvalue weighted by Crippen LogP contribution is 2.17. The number of carbonyl (C=O) groups is 1. The summed E-state index contributed by atoms with van der Waals surface area (Å²) < 4.78 is 40.4. The van der Waals surface area contributed by atoms with Crippen LogP contribution in [0.25, 0.3) is 0 Å². The number of hydrogen-bond donors (Lipinski definition) is 2. The number of pyridine rings is 1. The average Bonchev–Trinajstić information content (AvgIpc) is 2.43. The molecule has 1 aromatic heterocycles. The van der Waals surface area contributed by atoms with Gasteiger partial charge in [-0.1, -0.05) is 19.9 Å². The van der Waals surface area contributed by atoms with Crippen LogP contribution in [-0.4, -0.2) is 34.9 Å². The van der Waals surface area contributed by atoms with Gasteiger partial charge in [-0.05, 0) is 11.5 Å². The first-order valence-electron chi connectivity index (χ1n) is 6.76. The van der Waals surface area contributed by atoms with Crippen LogP contribution in [0.1, 0.15) is 25.8 Å². The van der Waals surface area contributed by atoms with Gasteiger partial charge in [0.25, 0.3) is 0 Å². The van der Waals surface area contributed by atoms with Gasteiger partial charge in [0.05, 0.1) is 12.5 Å². The van der Waals surface area contributed by atoms with Crippen molar-refractivity contribution in [1.29, 1.82) is 0 Å². The molecule has 0 saturated heterocycles. The van der Waals surface area contributed by atoms with E-state index >= 15 is 0 Å². The number of ether oxygens (including phenoxy) is 1. The molecule has 124 valence electrons. The molecule has 0 aliphatic rings. The average molecular weight is 320 g/mol. The Balaban J connectivity index is 2.40. The van der Waals surface area contributed by atoms with Crippen LogP contribution in [0.3, 0.4) is 0 Å². The summed E-state index contributed by atoms with van der Waals surface area (Å²) in [5.41, 5.74) is 0.617. The zero-order valence-electron chi connectivity index (χ0n) is 12.4. The number of aliphatic hydroxyl groups excluding tert-OH is 1. The lowest BCUT2D eigenvalue weighted by Crippen LogP contribution is -2.29. The van der Waals surface area contributed by atoms with Gasteiger partial charge >= 0.3 is 6.18 Å². The van der Waals surface area contributed by atoms with Gasteiger partial charge in [-0.2, -0.15) is 13.2 Å². The fraction of sp³-hybridized carbons (Fsp3) is 0.571. The number of halogens is 3. The normalized spacial score (nSPS) is 13.0. The van der Waals surface area contributed by atoms with E-state index in [0.29, 0.717) is 5.56 Å². The number of nitrogens with zero attached hydrogens (tertiary/aromatic N) is 1. The molecule has 22 heavy (non-hydrogen) atoms. The topological polar surface area (TPSA) is 71.5 Å². The highest BCUT2D eigenvalue weighted by molar-refractivity contribution is 5.76. The highest BCUT2D eigenvalue weighted by atomic mass is 19.4. The minimum atomic E-state index is -4.41. The predicted molar refractivity (Wildman–Crippen MR) is 73.1 cm³/mol. The summed E-state index contributed by atoms with van der Waals surface area (Å²) in [4.78, 5) is 15.3. The summed E-state index contributed by atoms with van der Waals surface area (Å²) in [5, 5.41) is 12.2. The number of amides is 1. The third kappa shape index (κ3) is 7.26. The number of aromatic nitrogens is 1. The number of hydrogen-bond acceptors (Lipinski definition) is 4. The molecule has 2 N–H and O–H groups in total. The lowest BCUT2D eigenvalue weighted by Gasteiger charge is -2.14. The Hall–Kier alpha value is -1.83. The van der Waals surface area contributed by atoms with E-state index in [1.54, 1.807) is 0 Å². The van der Waals surface area contributed by atoms with E-state index in [9.17, 15) is 23.1 Å². The standard InChI is InChI=1S/C14H19F3N2O3/c1-9(2)11(20)5-12(21)18-6-10-3-4-13(19-7-10)22-8-14(15,16)17/h3-4,7,9,11,20H,5-6,8H2,1-2H3,(H,18,21). The minimum Gasteiger partial charge on any atom is -0.468 e. The third-order valence-corrected chi connectivity index (χ3v) is 2.84. The number of aliphatic hydroxyl groups is 1. The maximum absolute atomic E-state index is 12.0. The zero-order chi connectivity index (χ0) is 16.8. The number of nitrogens with one attached hydrogen (secondary N) is 1. The number of carbonyl (C=O) groups excluding carboxylic acids is 1. The molecular weight excluding hydrogens is 301 g/mol. The van der Waals surface area contributed by atoms with Crippen molar-refractivity contribution < 1.29 is 27.8 Å². The molecule has 0 bridgehead atoms. The van der Waals surface area contributed by atoms with Crippen LogP contribution in [0.2, 0.25) is 0 Å². The van der Waals surface area contributed by atoms with E-state index in [4.69, 9.17) is 0 Å². The van der Waals surface area contributed by atoms with Crippen LogP contribution in [-0.2, 0) is 11.3 Å². The molecule has 0 aromatic carbocycles. The molecule has 1 aromatic rings. The number of rotatable bonds is 7. The molecule has 1 amide bonds. The SMILES string of the molecule is CC(C)C(O)CC(=O)NCc1ccc(OCC(F)(F)F)nc1. The summed E-state index contributed by atoms with van der Waals surface area (Å²) in [5.74, 6) is -0.460. The van der Waals surface area contributed by atoms with Gasteiger partial charge in [0.15, 0.2) is 6.61 Å². The Morgan fingerprint density at radius 2 is 2.09 bits per heavy atom. The first kappa shape index (κ1) is 18.2. The van der Waals surface area contributed by atoms with Crippen molar-refractivity contribution in [3.8, 4) is 5.88 Å². The van der Waals surface area contributed by atoms with Crippen molar-refractivity contribution in [2.45, 2.75) is 39.1 Å². The molecule has 1 atom stereocenters. The molecule has 0 aliphatic heterocycles. The van der Waals surface area contributed by atoms with Gasteiger partial charge < -0.3 is 15.2 Å². The summed E-state index contributed by atoms with van der Waals surface area (Å²) in [6.07, 6.45) is -3.80. The minimum absolute atomic E-state index is 0.00211. The second-order valence-corrected chi connectivity index (χ2v) is 5.20. The summed E-state index contributed by atoms with van der Waals surface area (Å²) in [7, 11) is 0. The second-order valence-electron chi connectivity index (χ2n) is 5.20. The fourth-order valence-corrected chi connectivity index (χ4v) is 1.46. The smallest absolute Gasteiger partial charge is 0.422 e. The lowest BCUT2D eigenvalue weighted by atomic mass is 10.0. The molecule has 0 radical (unpaired) electrons. The highest BCUT2D eigenvalue weighted by Gasteiger charge is 2.28. The lowest BCUT2D eigenvalue weighted by molar-refractivity contribution is -0.154. The van der Waals surface area contributed by atoms with Crippen LogP contribution in [0.15, 0.2) is 18.3 Å². The molecule has 0 spiro atoms. The van der Waals surface area contributed by atoms with Crippen molar-refractivity contribution in [2.24, 2.45) is 5.92 Å². The van der Waals surface area contributed by atoms with E-state index in [0.717, 1.165) is 0 Å². The van der Waals surface area contributed by atoms with Crippen molar-refractivity contribution in [3.05, 3.63) is 23.9 Å². The van der Waals surface area contributed by atoms with E-state index in [1.165, 1.54) is 18.3 Å². The molecule has 1 rings (SSSR count). The molecule has 0 saturated carbocycles. The van der Waals surface area contributed by atoms with Crippen molar-refractivity contribution >= 4 is 5.91 Å². The summed E-state index contributed by atoms with van der Waals surface area (Å²) in [6, 6.07) is 2.81. The third-order valence-electron chi connectivity index (χ3n) is 2.84. The van der Waals surface area contributed by atoms with Gasteiger partial charge in [0.1, 0.15) is 0 Å². The van der Waals surface area contributed by atoms with Gasteiger partial charge in [0.2, 0.25) is 11.8 Å². The first-order chi connectivity index (χ1) is 10.2. The Morgan fingerprint density at radius 3 is 2.59 bits per heavy atom. The Bertz CT molecular complexity index is 475. The predicted octanol–water partition coefficient (Wildman–Crippen LogP) is 2.05. The van der Waals surface area contributed by atoms with Crippen LogP contribution in [0, 0.1) is 5.92 Å². The van der Waals surface area contributed by atoms with Crippen molar-refractivity contribution in [3.63, 3.8) is 0 Å². The molecule has 0 aliphatic carbocycles. The quantitative estimate of drug-likeness (QED) is 0.806. The Labute approximate surface area is 126 Å².